The molecule has 0 aliphatic carbocycles. The molecule has 0 bridgehead atoms. The third-order valence-corrected chi connectivity index (χ3v) is 3.83. The summed E-state index contributed by atoms with van der Waals surface area (Å²) in [5, 5.41) is 15.5. The standard InChI is InChI=1S/C7H7BrN2O4S/c1-4-6(10(11)12)3-2-5(8)7(4)15(9,13)14/h2-3H,1H3,(H2,9,13,14). The van der Waals surface area contributed by atoms with E-state index >= 15 is 0 Å². The van der Waals surface area contributed by atoms with Crippen molar-refractivity contribution in [3.63, 3.8) is 0 Å². The monoisotopic (exact) mass is 294 g/mol. The third-order valence-electron chi connectivity index (χ3n) is 1.81. The van der Waals surface area contributed by atoms with Gasteiger partial charge in [0, 0.05) is 16.1 Å². The number of hydrogen-bond acceptors (Lipinski definition) is 4. The zero-order valence-electron chi connectivity index (χ0n) is 7.60. The average molecular weight is 295 g/mol. The van der Waals surface area contributed by atoms with Crippen LogP contribution in [0.5, 0.6) is 0 Å². The van der Waals surface area contributed by atoms with Crippen LogP contribution in [-0.2, 0) is 10.0 Å². The summed E-state index contributed by atoms with van der Waals surface area (Å²) >= 11 is 2.98. The van der Waals surface area contributed by atoms with Gasteiger partial charge in [0.15, 0.2) is 0 Å². The molecular weight excluding hydrogens is 288 g/mol. The first-order valence-electron chi connectivity index (χ1n) is 3.71. The minimum atomic E-state index is -3.97. The van der Waals surface area contributed by atoms with Gasteiger partial charge < -0.3 is 0 Å². The van der Waals surface area contributed by atoms with Crippen LogP contribution in [0.2, 0.25) is 0 Å². The maximum atomic E-state index is 11.2. The van der Waals surface area contributed by atoms with Crippen molar-refractivity contribution in [2.75, 3.05) is 0 Å². The van der Waals surface area contributed by atoms with E-state index in [0.29, 0.717) is 0 Å². The summed E-state index contributed by atoms with van der Waals surface area (Å²) in [5.41, 5.74) is -0.251. The fraction of sp³-hybridized carbons (Fsp3) is 0.143. The summed E-state index contributed by atoms with van der Waals surface area (Å²) in [6, 6.07) is 2.50. The molecule has 8 heteroatoms. The van der Waals surface area contributed by atoms with Crippen LogP contribution in [-0.4, -0.2) is 13.3 Å². The summed E-state index contributed by atoms with van der Waals surface area (Å²) in [7, 11) is -3.97. The highest BCUT2D eigenvalue weighted by Gasteiger charge is 2.23. The molecule has 2 N–H and O–H groups in total. The lowest BCUT2D eigenvalue weighted by Gasteiger charge is -2.05. The number of benzene rings is 1. The van der Waals surface area contributed by atoms with Crippen LogP contribution < -0.4 is 5.14 Å². The number of nitrogens with two attached hydrogens (primary N) is 1. The van der Waals surface area contributed by atoms with Crippen molar-refractivity contribution in [2.45, 2.75) is 11.8 Å². The Morgan fingerprint density at radius 2 is 2.00 bits per heavy atom. The zero-order valence-corrected chi connectivity index (χ0v) is 10.0. The Balaban J connectivity index is 3.66. The predicted molar refractivity (Wildman–Crippen MR) is 56.9 cm³/mol. The molecule has 0 spiro atoms. The molecule has 0 aliphatic heterocycles. The lowest BCUT2D eigenvalue weighted by atomic mass is 10.2. The maximum absolute atomic E-state index is 11.2. The highest BCUT2D eigenvalue weighted by Crippen LogP contribution is 2.30. The SMILES string of the molecule is Cc1c([N+](=O)[O-])ccc(Br)c1S(N)(=O)=O. The van der Waals surface area contributed by atoms with Crippen LogP contribution in [0.3, 0.4) is 0 Å². The molecule has 1 rings (SSSR count). The van der Waals surface area contributed by atoms with E-state index in [1.807, 2.05) is 0 Å². The van der Waals surface area contributed by atoms with Gasteiger partial charge in [-0.3, -0.25) is 10.1 Å². The van der Waals surface area contributed by atoms with Crippen molar-refractivity contribution in [1.82, 2.24) is 0 Å². The van der Waals surface area contributed by atoms with Crippen LogP contribution >= 0.6 is 15.9 Å². The van der Waals surface area contributed by atoms with Gasteiger partial charge in [-0.05, 0) is 28.9 Å². The average Bonchev–Trinajstić information content (AvgIpc) is 2.00. The van der Waals surface area contributed by atoms with E-state index in [1.165, 1.54) is 19.1 Å². The summed E-state index contributed by atoms with van der Waals surface area (Å²) in [6.45, 7) is 1.34. The number of sulfonamides is 1. The van der Waals surface area contributed by atoms with E-state index in [2.05, 4.69) is 15.9 Å². The van der Waals surface area contributed by atoms with E-state index in [0.717, 1.165) is 0 Å². The fourth-order valence-corrected chi connectivity index (χ4v) is 3.17. The number of hydrogen-bond donors (Lipinski definition) is 1. The Morgan fingerprint density at radius 3 is 2.40 bits per heavy atom. The number of rotatable bonds is 2. The second-order valence-corrected chi connectivity index (χ2v) is 5.18. The summed E-state index contributed by atoms with van der Waals surface area (Å²) in [6.07, 6.45) is 0. The van der Waals surface area contributed by atoms with Gasteiger partial charge in [-0.25, -0.2) is 13.6 Å². The molecular formula is C7H7BrN2O4S. The van der Waals surface area contributed by atoms with E-state index in [1.54, 1.807) is 0 Å². The predicted octanol–water partition coefficient (Wildman–Crippen LogP) is 1.31. The Morgan fingerprint density at radius 1 is 1.47 bits per heavy atom. The Hall–Kier alpha value is -0.990. The number of primary sulfonamides is 1. The van der Waals surface area contributed by atoms with E-state index < -0.39 is 14.9 Å². The van der Waals surface area contributed by atoms with E-state index in [4.69, 9.17) is 5.14 Å². The van der Waals surface area contributed by atoms with Crippen molar-refractivity contribution < 1.29 is 13.3 Å². The van der Waals surface area contributed by atoms with Crippen molar-refractivity contribution >= 4 is 31.6 Å². The van der Waals surface area contributed by atoms with Crippen molar-refractivity contribution in [2.24, 2.45) is 5.14 Å². The maximum Gasteiger partial charge on any atom is 0.273 e. The Bertz CT molecular complexity index is 526. The second-order valence-electron chi connectivity index (χ2n) is 2.82. The van der Waals surface area contributed by atoms with Gasteiger partial charge in [0.05, 0.1) is 4.92 Å². The molecule has 1 aromatic rings. The van der Waals surface area contributed by atoms with Gasteiger partial charge >= 0.3 is 0 Å². The second kappa shape index (κ2) is 3.87. The molecule has 6 nitrogen and oxygen atoms in total. The fourth-order valence-electron chi connectivity index (χ4n) is 1.20. The number of halogens is 1. The Kier molecular flexibility index (Phi) is 3.12. The molecule has 0 aromatic heterocycles. The molecule has 1 aromatic carbocycles. The molecule has 0 saturated heterocycles. The van der Waals surface area contributed by atoms with Crippen LogP contribution in [0, 0.1) is 17.0 Å². The molecule has 0 aliphatic rings. The number of nitro groups is 1. The lowest BCUT2D eigenvalue weighted by Crippen LogP contribution is -2.15. The minimum Gasteiger partial charge on any atom is -0.258 e. The third kappa shape index (κ3) is 2.33. The van der Waals surface area contributed by atoms with Gasteiger partial charge in [-0.1, -0.05) is 0 Å². The van der Waals surface area contributed by atoms with Crippen LogP contribution in [0.25, 0.3) is 0 Å². The molecule has 0 fully saturated rings. The molecule has 0 radical (unpaired) electrons. The summed E-state index contributed by atoms with van der Waals surface area (Å²) < 4.78 is 22.6. The smallest absolute Gasteiger partial charge is 0.258 e. The molecule has 0 amide bonds. The Labute approximate surface area is 94.4 Å². The summed E-state index contributed by atoms with van der Waals surface area (Å²) in [5.74, 6) is 0. The molecule has 15 heavy (non-hydrogen) atoms. The van der Waals surface area contributed by atoms with E-state index in [9.17, 15) is 18.5 Å². The largest absolute Gasteiger partial charge is 0.273 e. The van der Waals surface area contributed by atoms with Gasteiger partial charge in [0.25, 0.3) is 5.69 Å². The normalized spacial score (nSPS) is 11.4. The first-order valence-corrected chi connectivity index (χ1v) is 6.05. The van der Waals surface area contributed by atoms with Crippen molar-refractivity contribution in [3.8, 4) is 0 Å². The molecule has 0 atom stereocenters. The van der Waals surface area contributed by atoms with Gasteiger partial charge in [0.1, 0.15) is 4.90 Å². The molecule has 82 valence electrons. The first kappa shape index (κ1) is 12.1. The highest BCUT2D eigenvalue weighted by atomic mass is 79.9. The minimum absolute atomic E-state index is 0.0249. The van der Waals surface area contributed by atoms with Crippen molar-refractivity contribution in [3.05, 3.63) is 32.3 Å². The lowest BCUT2D eigenvalue weighted by molar-refractivity contribution is -0.385. The topological polar surface area (TPSA) is 103 Å². The molecule has 0 unspecified atom stereocenters. The first-order chi connectivity index (χ1) is 6.75. The van der Waals surface area contributed by atoms with Crippen molar-refractivity contribution in [1.29, 1.82) is 0 Å². The zero-order chi connectivity index (χ0) is 11.8. The quantitative estimate of drug-likeness (QED) is 0.656. The molecule has 0 saturated carbocycles. The highest BCUT2D eigenvalue weighted by molar-refractivity contribution is 9.10. The van der Waals surface area contributed by atoms with Gasteiger partial charge in [0.2, 0.25) is 10.0 Å². The number of nitrogens with zero attached hydrogens (tertiary/aromatic N) is 1. The van der Waals surface area contributed by atoms with Crippen LogP contribution in [0.1, 0.15) is 5.56 Å². The van der Waals surface area contributed by atoms with Gasteiger partial charge in [-0.15, -0.1) is 0 Å². The molecule has 0 heterocycles. The summed E-state index contributed by atoms with van der Waals surface area (Å²) in [4.78, 5) is 9.66. The van der Waals surface area contributed by atoms with E-state index in [-0.39, 0.29) is 20.6 Å². The van der Waals surface area contributed by atoms with Crippen LogP contribution in [0.15, 0.2) is 21.5 Å². The van der Waals surface area contributed by atoms with Gasteiger partial charge in [-0.2, -0.15) is 0 Å². The number of nitro benzene ring substituents is 1. The van der Waals surface area contributed by atoms with Crippen LogP contribution in [0.4, 0.5) is 5.69 Å².